The summed E-state index contributed by atoms with van der Waals surface area (Å²) in [6.45, 7) is 3.11. The fraction of sp³-hybridized carbons (Fsp3) is 0.400. The van der Waals surface area contributed by atoms with E-state index in [-0.39, 0.29) is 23.1 Å². The van der Waals surface area contributed by atoms with Crippen molar-refractivity contribution in [1.29, 1.82) is 0 Å². The van der Waals surface area contributed by atoms with E-state index >= 15 is 0 Å². The minimum absolute atomic E-state index is 0. The first-order chi connectivity index (χ1) is 7.04. The molecule has 0 aromatic heterocycles. The third kappa shape index (κ3) is 2.35. The molecule has 0 saturated heterocycles. The standard InChI is InChI=1S/C10H12ClNO2S.ClH/c1-2-15(13,14)10-4-8-6-12-5-7(8)3-9(10)11;/h3-4,12H,2,5-6H2,1H3;1H. The topological polar surface area (TPSA) is 46.2 Å². The average Bonchev–Trinajstić information content (AvgIpc) is 2.63. The highest BCUT2D eigenvalue weighted by Gasteiger charge is 2.20. The van der Waals surface area contributed by atoms with Crippen LogP contribution in [0.4, 0.5) is 0 Å². The van der Waals surface area contributed by atoms with E-state index in [0.29, 0.717) is 5.02 Å². The van der Waals surface area contributed by atoms with Crippen molar-refractivity contribution in [3.63, 3.8) is 0 Å². The smallest absolute Gasteiger partial charge is 0.179 e. The summed E-state index contributed by atoms with van der Waals surface area (Å²) in [5, 5.41) is 3.49. The molecule has 16 heavy (non-hydrogen) atoms. The minimum atomic E-state index is -3.21. The third-order valence-electron chi connectivity index (χ3n) is 2.60. The highest BCUT2D eigenvalue weighted by molar-refractivity contribution is 7.91. The molecule has 1 aliphatic rings. The van der Waals surface area contributed by atoms with E-state index in [1.807, 2.05) is 0 Å². The molecule has 1 aliphatic heterocycles. The number of nitrogens with one attached hydrogen (secondary N) is 1. The van der Waals surface area contributed by atoms with Crippen LogP contribution < -0.4 is 5.32 Å². The van der Waals surface area contributed by atoms with Crippen LogP contribution in [0.25, 0.3) is 0 Å². The zero-order valence-electron chi connectivity index (χ0n) is 8.79. The molecule has 0 saturated carbocycles. The fourth-order valence-electron chi connectivity index (χ4n) is 1.69. The van der Waals surface area contributed by atoms with E-state index in [9.17, 15) is 8.42 Å². The van der Waals surface area contributed by atoms with Gasteiger partial charge in [0.15, 0.2) is 9.84 Å². The summed E-state index contributed by atoms with van der Waals surface area (Å²) >= 11 is 5.96. The molecule has 0 atom stereocenters. The van der Waals surface area contributed by atoms with Gasteiger partial charge in [-0.2, -0.15) is 0 Å². The third-order valence-corrected chi connectivity index (χ3v) is 4.79. The monoisotopic (exact) mass is 281 g/mol. The van der Waals surface area contributed by atoms with Crippen molar-refractivity contribution < 1.29 is 8.42 Å². The van der Waals surface area contributed by atoms with Crippen molar-refractivity contribution in [3.05, 3.63) is 28.3 Å². The van der Waals surface area contributed by atoms with E-state index < -0.39 is 9.84 Å². The molecule has 6 heteroatoms. The fourth-order valence-corrected chi connectivity index (χ4v) is 3.22. The van der Waals surface area contributed by atoms with Crippen molar-refractivity contribution in [2.45, 2.75) is 24.9 Å². The van der Waals surface area contributed by atoms with Gasteiger partial charge in [0.25, 0.3) is 0 Å². The zero-order chi connectivity index (χ0) is 11.1. The molecule has 90 valence electrons. The average molecular weight is 282 g/mol. The Kier molecular flexibility index (Phi) is 4.23. The summed E-state index contributed by atoms with van der Waals surface area (Å²) in [4.78, 5) is 0.258. The Morgan fingerprint density at radius 1 is 1.31 bits per heavy atom. The molecule has 0 unspecified atom stereocenters. The quantitative estimate of drug-likeness (QED) is 0.904. The van der Waals surface area contributed by atoms with Gasteiger partial charge in [-0.25, -0.2) is 8.42 Å². The number of fused-ring (bicyclic) bond motifs is 1. The Balaban J connectivity index is 0.00000128. The van der Waals surface area contributed by atoms with E-state index in [4.69, 9.17) is 11.6 Å². The van der Waals surface area contributed by atoms with Crippen molar-refractivity contribution in [2.75, 3.05) is 5.75 Å². The van der Waals surface area contributed by atoms with Crippen LogP contribution in [0.5, 0.6) is 0 Å². The highest BCUT2D eigenvalue weighted by atomic mass is 35.5. The minimum Gasteiger partial charge on any atom is -0.309 e. The number of hydrogen-bond acceptors (Lipinski definition) is 3. The highest BCUT2D eigenvalue weighted by Crippen LogP contribution is 2.28. The molecular formula is C10H13Cl2NO2S. The Hall–Kier alpha value is -0.290. The van der Waals surface area contributed by atoms with Crippen molar-refractivity contribution in [1.82, 2.24) is 5.32 Å². The van der Waals surface area contributed by atoms with Gasteiger partial charge in [-0.1, -0.05) is 18.5 Å². The number of sulfone groups is 1. The number of halogens is 2. The second-order valence-corrected chi connectivity index (χ2v) is 6.21. The Morgan fingerprint density at radius 2 is 1.88 bits per heavy atom. The lowest BCUT2D eigenvalue weighted by atomic mass is 10.1. The number of hydrogen-bond donors (Lipinski definition) is 1. The van der Waals surface area contributed by atoms with Gasteiger partial charge in [0.2, 0.25) is 0 Å². The van der Waals surface area contributed by atoms with Crippen LogP contribution in [-0.2, 0) is 22.9 Å². The summed E-state index contributed by atoms with van der Waals surface area (Å²) in [5.41, 5.74) is 2.13. The SMILES string of the molecule is CCS(=O)(=O)c1cc2c(cc1Cl)CNC2.Cl. The molecule has 0 radical (unpaired) electrons. The van der Waals surface area contributed by atoms with Gasteiger partial charge < -0.3 is 5.32 Å². The van der Waals surface area contributed by atoms with Crippen LogP contribution in [0.2, 0.25) is 5.02 Å². The molecule has 3 nitrogen and oxygen atoms in total. The van der Waals surface area contributed by atoms with Crippen molar-refractivity contribution >= 4 is 33.8 Å². The van der Waals surface area contributed by atoms with Gasteiger partial charge in [-0.15, -0.1) is 12.4 Å². The van der Waals surface area contributed by atoms with Crippen LogP contribution in [0.15, 0.2) is 17.0 Å². The summed E-state index contributed by atoms with van der Waals surface area (Å²) in [6.07, 6.45) is 0. The van der Waals surface area contributed by atoms with Gasteiger partial charge in [0.1, 0.15) is 0 Å². The van der Waals surface area contributed by atoms with E-state index in [2.05, 4.69) is 5.32 Å². The van der Waals surface area contributed by atoms with Crippen LogP contribution in [0.3, 0.4) is 0 Å². The van der Waals surface area contributed by atoms with E-state index in [1.54, 1.807) is 19.1 Å². The molecule has 1 heterocycles. The Labute approximate surface area is 107 Å². The van der Waals surface area contributed by atoms with Gasteiger partial charge in [0, 0.05) is 13.1 Å². The second-order valence-electron chi connectivity index (χ2n) is 3.56. The lowest BCUT2D eigenvalue weighted by Gasteiger charge is -2.06. The molecule has 0 fully saturated rings. The first-order valence-corrected chi connectivity index (χ1v) is 6.82. The zero-order valence-corrected chi connectivity index (χ0v) is 11.2. The predicted octanol–water partition coefficient (Wildman–Crippen LogP) is 2.16. The number of benzene rings is 1. The van der Waals surface area contributed by atoms with Crippen LogP contribution >= 0.6 is 24.0 Å². The van der Waals surface area contributed by atoms with Gasteiger partial charge in [-0.05, 0) is 23.3 Å². The van der Waals surface area contributed by atoms with Crippen LogP contribution in [0.1, 0.15) is 18.1 Å². The summed E-state index contributed by atoms with van der Waals surface area (Å²) in [7, 11) is -3.21. The largest absolute Gasteiger partial charge is 0.309 e. The maximum absolute atomic E-state index is 11.7. The molecule has 0 bridgehead atoms. The van der Waals surface area contributed by atoms with Crippen molar-refractivity contribution in [3.8, 4) is 0 Å². The first-order valence-electron chi connectivity index (χ1n) is 4.79. The second kappa shape index (κ2) is 4.92. The molecule has 1 aromatic rings. The van der Waals surface area contributed by atoms with Crippen molar-refractivity contribution in [2.24, 2.45) is 0 Å². The molecule has 1 aromatic carbocycles. The normalized spacial score (nSPS) is 14.4. The van der Waals surface area contributed by atoms with Gasteiger partial charge in [0.05, 0.1) is 15.7 Å². The molecule has 1 N–H and O–H groups in total. The molecule has 0 spiro atoms. The van der Waals surface area contributed by atoms with E-state index in [1.165, 1.54) is 0 Å². The molecular weight excluding hydrogens is 269 g/mol. The van der Waals surface area contributed by atoms with E-state index in [0.717, 1.165) is 24.2 Å². The number of rotatable bonds is 2. The maximum atomic E-state index is 11.7. The molecule has 0 amide bonds. The lowest BCUT2D eigenvalue weighted by Crippen LogP contribution is -2.05. The summed E-state index contributed by atoms with van der Waals surface area (Å²) in [5.74, 6) is 0.0823. The van der Waals surface area contributed by atoms with Gasteiger partial charge >= 0.3 is 0 Å². The first kappa shape index (κ1) is 13.8. The maximum Gasteiger partial charge on any atom is 0.179 e. The van der Waals surface area contributed by atoms with Crippen LogP contribution in [-0.4, -0.2) is 14.2 Å². The van der Waals surface area contributed by atoms with Gasteiger partial charge in [-0.3, -0.25) is 0 Å². The Bertz CT molecular complexity index is 500. The summed E-state index contributed by atoms with van der Waals surface area (Å²) < 4.78 is 23.4. The molecule has 2 rings (SSSR count). The Morgan fingerprint density at radius 3 is 2.44 bits per heavy atom. The summed E-state index contributed by atoms with van der Waals surface area (Å²) in [6, 6.07) is 3.44. The lowest BCUT2D eigenvalue weighted by molar-refractivity contribution is 0.597. The molecule has 0 aliphatic carbocycles. The predicted molar refractivity (Wildman–Crippen MR) is 67.0 cm³/mol. The van der Waals surface area contributed by atoms with Crippen LogP contribution in [0, 0.1) is 0 Å².